The maximum Gasteiger partial charge on any atom is 0.142 e. The minimum Gasteiger partial charge on any atom is -0.312 e. The Morgan fingerprint density at radius 1 is 1.33 bits per heavy atom. The number of nitrogens with zero attached hydrogens (tertiary/aromatic N) is 2. The Morgan fingerprint density at radius 2 is 2.11 bits per heavy atom. The minimum atomic E-state index is 0.118. The molecule has 0 atom stereocenters. The molecule has 0 amide bonds. The maximum atomic E-state index is 4.69. The molecule has 5 heteroatoms. The highest BCUT2D eigenvalue weighted by atomic mass is 32.1. The van der Waals surface area contributed by atoms with Gasteiger partial charge in [0.2, 0.25) is 0 Å². The molecule has 2 aromatic rings. The molecule has 0 bridgehead atoms. The lowest BCUT2D eigenvalue weighted by atomic mass is 9.98. The molecule has 1 N–H and O–H groups in total. The van der Waals surface area contributed by atoms with Crippen LogP contribution in [-0.4, -0.2) is 16.5 Å². The number of thiazole rings is 2. The molecule has 0 unspecified atom stereocenters. The summed E-state index contributed by atoms with van der Waals surface area (Å²) in [6.07, 6.45) is 1.94. The molecule has 0 spiro atoms. The lowest BCUT2D eigenvalue weighted by Crippen LogP contribution is -2.10. The van der Waals surface area contributed by atoms with E-state index in [2.05, 4.69) is 43.4 Å². The summed E-state index contributed by atoms with van der Waals surface area (Å²) in [7, 11) is 0. The SMILES string of the molecule is CCNCc1cnc(-c2csc(C(C)(C)C)n2)s1. The Kier molecular flexibility index (Phi) is 4.14. The zero-order valence-electron chi connectivity index (χ0n) is 11.3. The van der Waals surface area contributed by atoms with Gasteiger partial charge in [0.1, 0.15) is 10.7 Å². The molecule has 0 aliphatic carbocycles. The van der Waals surface area contributed by atoms with Gasteiger partial charge in [-0.25, -0.2) is 9.97 Å². The largest absolute Gasteiger partial charge is 0.312 e. The predicted octanol–water partition coefficient (Wildman–Crippen LogP) is 3.67. The van der Waals surface area contributed by atoms with Crippen molar-refractivity contribution in [2.75, 3.05) is 6.54 Å². The van der Waals surface area contributed by atoms with Crippen LogP contribution < -0.4 is 5.32 Å². The van der Waals surface area contributed by atoms with Crippen molar-refractivity contribution in [1.82, 2.24) is 15.3 Å². The fourth-order valence-electron chi connectivity index (χ4n) is 1.47. The molecule has 0 saturated carbocycles. The van der Waals surface area contributed by atoms with Crippen LogP contribution in [0.15, 0.2) is 11.6 Å². The topological polar surface area (TPSA) is 37.8 Å². The number of hydrogen-bond acceptors (Lipinski definition) is 5. The summed E-state index contributed by atoms with van der Waals surface area (Å²) >= 11 is 3.44. The van der Waals surface area contributed by atoms with Gasteiger partial charge < -0.3 is 5.32 Å². The van der Waals surface area contributed by atoms with Crippen molar-refractivity contribution in [1.29, 1.82) is 0 Å². The molecule has 18 heavy (non-hydrogen) atoms. The van der Waals surface area contributed by atoms with Crippen molar-refractivity contribution in [3.05, 3.63) is 21.5 Å². The third kappa shape index (κ3) is 3.16. The highest BCUT2D eigenvalue weighted by molar-refractivity contribution is 7.15. The smallest absolute Gasteiger partial charge is 0.142 e. The van der Waals surface area contributed by atoms with Gasteiger partial charge in [-0.15, -0.1) is 22.7 Å². The molecule has 2 heterocycles. The van der Waals surface area contributed by atoms with Gasteiger partial charge in [0.25, 0.3) is 0 Å². The van der Waals surface area contributed by atoms with E-state index in [0.29, 0.717) is 0 Å². The Labute approximate surface area is 116 Å². The van der Waals surface area contributed by atoms with Crippen LogP contribution in [0.5, 0.6) is 0 Å². The highest BCUT2D eigenvalue weighted by Gasteiger charge is 2.19. The third-order valence-corrected chi connectivity index (χ3v) is 4.76. The normalized spacial score (nSPS) is 12.0. The molecule has 98 valence electrons. The summed E-state index contributed by atoms with van der Waals surface area (Å²) in [5.74, 6) is 0. The first-order valence-corrected chi connectivity index (χ1v) is 7.82. The third-order valence-electron chi connectivity index (χ3n) is 2.47. The summed E-state index contributed by atoms with van der Waals surface area (Å²) in [6.45, 7) is 10.6. The van der Waals surface area contributed by atoms with Crippen molar-refractivity contribution in [2.45, 2.75) is 39.7 Å². The van der Waals surface area contributed by atoms with Gasteiger partial charge in [-0.1, -0.05) is 27.7 Å². The summed E-state index contributed by atoms with van der Waals surface area (Å²) in [5.41, 5.74) is 1.13. The maximum absolute atomic E-state index is 4.69. The van der Waals surface area contributed by atoms with E-state index in [0.717, 1.165) is 23.8 Å². The van der Waals surface area contributed by atoms with Crippen LogP contribution in [0.2, 0.25) is 0 Å². The van der Waals surface area contributed by atoms with Crippen molar-refractivity contribution >= 4 is 22.7 Å². The molecule has 0 saturated heterocycles. The minimum absolute atomic E-state index is 0.118. The van der Waals surface area contributed by atoms with Crippen LogP contribution in [0.4, 0.5) is 0 Å². The van der Waals surface area contributed by atoms with Crippen LogP contribution in [0.1, 0.15) is 37.6 Å². The Morgan fingerprint density at radius 3 is 2.72 bits per heavy atom. The predicted molar refractivity (Wildman–Crippen MR) is 79.3 cm³/mol. The number of aromatic nitrogens is 2. The molecule has 0 aliphatic rings. The van der Waals surface area contributed by atoms with E-state index in [1.165, 1.54) is 9.88 Å². The Hall–Kier alpha value is -0.780. The molecule has 0 aromatic carbocycles. The van der Waals surface area contributed by atoms with E-state index in [4.69, 9.17) is 4.98 Å². The van der Waals surface area contributed by atoms with Crippen molar-refractivity contribution in [3.63, 3.8) is 0 Å². The summed E-state index contributed by atoms with van der Waals surface area (Å²) in [6, 6.07) is 0. The fourth-order valence-corrected chi connectivity index (χ4v) is 3.28. The Bertz CT molecular complexity index is 508. The summed E-state index contributed by atoms with van der Waals surface area (Å²) in [4.78, 5) is 10.4. The molecule has 2 rings (SSSR count). The van der Waals surface area contributed by atoms with Gasteiger partial charge in [0.15, 0.2) is 0 Å². The van der Waals surface area contributed by atoms with E-state index in [1.807, 2.05) is 6.20 Å². The second-order valence-corrected chi connectivity index (χ2v) is 7.17. The first kappa shape index (κ1) is 13.6. The molecular weight excluding hydrogens is 262 g/mol. The second kappa shape index (κ2) is 5.47. The van der Waals surface area contributed by atoms with Crippen molar-refractivity contribution in [2.24, 2.45) is 0 Å². The van der Waals surface area contributed by atoms with Gasteiger partial charge in [-0.3, -0.25) is 0 Å². The number of rotatable bonds is 4. The molecule has 0 radical (unpaired) electrons. The standard InChI is InChI=1S/C13H19N3S2/c1-5-14-6-9-7-15-11(18-9)10-8-17-12(16-10)13(2,3)4/h7-8,14H,5-6H2,1-4H3. The highest BCUT2D eigenvalue weighted by Crippen LogP contribution is 2.31. The van der Waals surface area contributed by atoms with Gasteiger partial charge >= 0.3 is 0 Å². The zero-order valence-corrected chi connectivity index (χ0v) is 12.9. The number of hydrogen-bond donors (Lipinski definition) is 1. The average molecular weight is 281 g/mol. The van der Waals surface area contributed by atoms with Crippen molar-refractivity contribution < 1.29 is 0 Å². The van der Waals surface area contributed by atoms with Crippen LogP contribution in [0.3, 0.4) is 0 Å². The summed E-state index contributed by atoms with van der Waals surface area (Å²) < 4.78 is 0. The molecule has 3 nitrogen and oxygen atoms in total. The van der Waals surface area contributed by atoms with E-state index in [9.17, 15) is 0 Å². The van der Waals surface area contributed by atoms with E-state index >= 15 is 0 Å². The zero-order chi connectivity index (χ0) is 13.2. The number of nitrogens with one attached hydrogen (secondary N) is 1. The van der Waals surface area contributed by atoms with Crippen LogP contribution in [0, 0.1) is 0 Å². The first-order valence-electron chi connectivity index (χ1n) is 6.12. The quantitative estimate of drug-likeness (QED) is 0.929. The molecule has 0 fully saturated rings. The lowest BCUT2D eigenvalue weighted by Gasteiger charge is -2.13. The van der Waals surface area contributed by atoms with Gasteiger partial charge in [0.05, 0.1) is 5.01 Å². The molecule has 2 aromatic heterocycles. The second-order valence-electron chi connectivity index (χ2n) is 5.20. The lowest BCUT2D eigenvalue weighted by molar-refractivity contribution is 0.586. The van der Waals surface area contributed by atoms with Gasteiger partial charge in [-0.2, -0.15) is 0 Å². The van der Waals surface area contributed by atoms with Gasteiger partial charge in [-0.05, 0) is 6.54 Å². The first-order chi connectivity index (χ1) is 8.50. The van der Waals surface area contributed by atoms with E-state index < -0.39 is 0 Å². The van der Waals surface area contributed by atoms with Crippen molar-refractivity contribution in [3.8, 4) is 10.7 Å². The van der Waals surface area contributed by atoms with Crippen LogP contribution in [-0.2, 0) is 12.0 Å². The summed E-state index contributed by atoms with van der Waals surface area (Å²) in [5, 5.41) is 7.61. The molecule has 0 aliphatic heterocycles. The van der Waals surface area contributed by atoms with Crippen LogP contribution in [0.25, 0.3) is 10.7 Å². The van der Waals surface area contributed by atoms with Crippen LogP contribution >= 0.6 is 22.7 Å². The van der Waals surface area contributed by atoms with Gasteiger partial charge in [0, 0.05) is 28.4 Å². The van der Waals surface area contributed by atoms with E-state index in [1.54, 1.807) is 22.7 Å². The Balaban J connectivity index is 2.16. The average Bonchev–Trinajstić information content (AvgIpc) is 2.93. The monoisotopic (exact) mass is 281 g/mol. The fraction of sp³-hybridized carbons (Fsp3) is 0.538. The molecular formula is C13H19N3S2. The van der Waals surface area contributed by atoms with E-state index in [-0.39, 0.29) is 5.41 Å².